The monoisotopic (exact) mass is 455 g/mol. The van der Waals surface area contributed by atoms with Crippen molar-refractivity contribution in [2.24, 2.45) is 0 Å². The first-order valence-corrected chi connectivity index (χ1v) is 13.1. The number of carbonyl (C=O) groups is 1. The lowest BCUT2D eigenvalue weighted by molar-refractivity contribution is 0.0760. The summed E-state index contributed by atoms with van der Waals surface area (Å²) >= 11 is 0. The number of benzene rings is 2. The molecular weight excluding hydrogens is 422 g/mol. The molecule has 0 bridgehead atoms. The average Bonchev–Trinajstić information content (AvgIpc) is 3.05. The Hall–Kier alpha value is -2.22. The average molecular weight is 456 g/mol. The van der Waals surface area contributed by atoms with Crippen LogP contribution in [0.4, 0.5) is 0 Å². The predicted octanol–water partition coefficient (Wildman–Crippen LogP) is 3.52. The van der Waals surface area contributed by atoms with Crippen LogP contribution in [0.5, 0.6) is 0 Å². The van der Waals surface area contributed by atoms with Crippen molar-refractivity contribution in [2.75, 3.05) is 39.3 Å². The lowest BCUT2D eigenvalue weighted by Gasteiger charge is -2.26. The third kappa shape index (κ3) is 5.22. The van der Waals surface area contributed by atoms with E-state index in [0.717, 1.165) is 50.9 Å². The van der Waals surface area contributed by atoms with E-state index in [0.29, 0.717) is 31.7 Å². The fourth-order valence-electron chi connectivity index (χ4n) is 4.59. The van der Waals surface area contributed by atoms with Crippen molar-refractivity contribution in [2.45, 2.75) is 44.0 Å². The molecule has 2 heterocycles. The molecule has 0 saturated carbocycles. The predicted molar refractivity (Wildman–Crippen MR) is 126 cm³/mol. The van der Waals surface area contributed by atoms with Crippen LogP contribution in [-0.2, 0) is 16.6 Å². The van der Waals surface area contributed by atoms with Crippen LogP contribution >= 0.6 is 0 Å². The lowest BCUT2D eigenvalue weighted by Crippen LogP contribution is -2.37. The number of nitrogens with zero attached hydrogens (tertiary/aromatic N) is 3. The molecular formula is C25H33N3O3S. The van der Waals surface area contributed by atoms with E-state index in [-0.39, 0.29) is 10.8 Å². The van der Waals surface area contributed by atoms with Crippen LogP contribution in [0.15, 0.2) is 53.4 Å². The first-order valence-electron chi connectivity index (χ1n) is 11.6. The van der Waals surface area contributed by atoms with Crippen molar-refractivity contribution >= 4 is 15.9 Å². The quantitative estimate of drug-likeness (QED) is 0.692. The number of piperidine rings is 1. The second kappa shape index (κ2) is 10.1. The van der Waals surface area contributed by atoms with Crippen LogP contribution in [0.2, 0.25) is 0 Å². The Labute approximate surface area is 191 Å². The zero-order valence-electron chi connectivity index (χ0n) is 18.9. The Balaban J connectivity index is 1.47. The van der Waals surface area contributed by atoms with Crippen molar-refractivity contribution in [3.8, 4) is 0 Å². The molecule has 1 amide bonds. The zero-order chi connectivity index (χ0) is 22.6. The topological polar surface area (TPSA) is 60.9 Å². The van der Waals surface area contributed by atoms with Crippen molar-refractivity contribution in [3.63, 3.8) is 0 Å². The summed E-state index contributed by atoms with van der Waals surface area (Å²) in [6.45, 7) is 6.97. The molecule has 6 nitrogen and oxygen atoms in total. The van der Waals surface area contributed by atoms with Crippen molar-refractivity contribution in [1.82, 2.24) is 14.1 Å². The summed E-state index contributed by atoms with van der Waals surface area (Å²) < 4.78 is 27.8. The molecule has 2 aromatic rings. The highest BCUT2D eigenvalue weighted by atomic mass is 32.2. The molecule has 0 unspecified atom stereocenters. The Kier molecular flexibility index (Phi) is 7.28. The highest BCUT2D eigenvalue weighted by Crippen LogP contribution is 2.24. The van der Waals surface area contributed by atoms with Gasteiger partial charge in [-0.2, -0.15) is 4.31 Å². The van der Waals surface area contributed by atoms with Crippen LogP contribution in [0.25, 0.3) is 0 Å². The number of sulfonamides is 1. The molecule has 0 spiro atoms. The van der Waals surface area contributed by atoms with Crippen LogP contribution in [0, 0.1) is 6.92 Å². The van der Waals surface area contributed by atoms with Crippen molar-refractivity contribution in [1.29, 1.82) is 0 Å². The Morgan fingerprint density at radius 3 is 2.34 bits per heavy atom. The highest BCUT2D eigenvalue weighted by molar-refractivity contribution is 7.89. The van der Waals surface area contributed by atoms with Gasteiger partial charge in [0.15, 0.2) is 0 Å². The molecule has 0 atom stereocenters. The molecule has 2 saturated heterocycles. The zero-order valence-corrected chi connectivity index (χ0v) is 19.7. The van der Waals surface area contributed by atoms with E-state index in [9.17, 15) is 13.2 Å². The second-order valence-electron chi connectivity index (χ2n) is 8.85. The van der Waals surface area contributed by atoms with Gasteiger partial charge in [-0.3, -0.25) is 9.69 Å². The lowest BCUT2D eigenvalue weighted by atomic mass is 10.1. The molecule has 32 heavy (non-hydrogen) atoms. The minimum Gasteiger partial charge on any atom is -0.337 e. The summed E-state index contributed by atoms with van der Waals surface area (Å²) in [4.78, 5) is 17.9. The minimum absolute atomic E-state index is 0.0697. The number of aryl methyl sites for hydroxylation is 1. The van der Waals surface area contributed by atoms with E-state index >= 15 is 0 Å². The van der Waals surface area contributed by atoms with Gasteiger partial charge in [-0.25, -0.2) is 8.42 Å². The number of hydrogen-bond donors (Lipinski definition) is 0. The molecule has 2 aliphatic rings. The number of hydrogen-bond acceptors (Lipinski definition) is 4. The summed E-state index contributed by atoms with van der Waals surface area (Å²) in [5.74, 6) is -0.0697. The second-order valence-corrected chi connectivity index (χ2v) is 10.8. The van der Waals surface area contributed by atoms with Gasteiger partial charge in [0.2, 0.25) is 10.0 Å². The van der Waals surface area contributed by atoms with E-state index in [1.807, 2.05) is 17.9 Å². The number of amides is 1. The van der Waals surface area contributed by atoms with Gasteiger partial charge < -0.3 is 4.90 Å². The molecule has 0 aliphatic carbocycles. The number of rotatable bonds is 5. The molecule has 2 aliphatic heterocycles. The highest BCUT2D eigenvalue weighted by Gasteiger charge is 2.28. The van der Waals surface area contributed by atoms with Crippen molar-refractivity contribution < 1.29 is 13.2 Å². The van der Waals surface area contributed by atoms with E-state index < -0.39 is 10.0 Å². The molecule has 0 radical (unpaired) electrons. The van der Waals surface area contributed by atoms with Gasteiger partial charge in [-0.1, -0.05) is 42.8 Å². The van der Waals surface area contributed by atoms with Gasteiger partial charge >= 0.3 is 0 Å². The van der Waals surface area contributed by atoms with E-state index in [4.69, 9.17) is 0 Å². The van der Waals surface area contributed by atoms with E-state index in [1.165, 1.54) is 5.56 Å². The third-order valence-electron chi connectivity index (χ3n) is 6.52. The molecule has 0 N–H and O–H groups in total. The first kappa shape index (κ1) is 23.0. The summed E-state index contributed by atoms with van der Waals surface area (Å²) in [5, 5.41) is 0. The Morgan fingerprint density at radius 1 is 0.844 bits per heavy atom. The SMILES string of the molecule is Cc1ccc(S(=O)(=O)N2CCCCC2)cc1C(=O)N1CCCN(Cc2ccccc2)CC1. The molecule has 4 rings (SSSR count). The molecule has 7 heteroatoms. The largest absolute Gasteiger partial charge is 0.337 e. The van der Waals surface area contributed by atoms with E-state index in [2.05, 4.69) is 29.2 Å². The maximum absolute atomic E-state index is 13.4. The Bertz CT molecular complexity index is 1030. The Morgan fingerprint density at radius 2 is 1.59 bits per heavy atom. The maximum Gasteiger partial charge on any atom is 0.254 e. The molecule has 0 aromatic heterocycles. The summed E-state index contributed by atoms with van der Waals surface area (Å²) in [6.07, 6.45) is 3.76. The fraction of sp³-hybridized carbons (Fsp3) is 0.480. The normalized spacial score (nSPS) is 19.0. The standard InChI is InChI=1S/C25H33N3O3S/c1-21-11-12-23(32(30,31)28-15-6-3-7-16-28)19-24(21)25(29)27-14-8-13-26(17-18-27)20-22-9-4-2-5-10-22/h2,4-5,9-12,19H,3,6-8,13-18,20H2,1H3. The van der Waals surface area contributed by atoms with Gasteiger partial charge in [0.05, 0.1) is 4.90 Å². The number of carbonyl (C=O) groups excluding carboxylic acids is 1. The van der Waals surface area contributed by atoms with Gasteiger partial charge in [-0.15, -0.1) is 0 Å². The summed E-state index contributed by atoms with van der Waals surface area (Å²) in [6, 6.07) is 15.4. The third-order valence-corrected chi connectivity index (χ3v) is 8.41. The summed E-state index contributed by atoms with van der Waals surface area (Å²) in [7, 11) is -3.56. The molecule has 172 valence electrons. The molecule has 2 aromatic carbocycles. The van der Waals surface area contributed by atoms with Crippen molar-refractivity contribution in [3.05, 3.63) is 65.2 Å². The van der Waals surface area contributed by atoms with Gasteiger partial charge in [-0.05, 0) is 49.4 Å². The van der Waals surface area contributed by atoms with Gasteiger partial charge in [0, 0.05) is 51.4 Å². The van der Waals surface area contributed by atoms with Gasteiger partial charge in [0.1, 0.15) is 0 Å². The minimum atomic E-state index is -3.56. The van der Waals surface area contributed by atoms with E-state index in [1.54, 1.807) is 22.5 Å². The maximum atomic E-state index is 13.4. The van der Waals surface area contributed by atoms with Crippen LogP contribution in [-0.4, -0.2) is 67.7 Å². The van der Waals surface area contributed by atoms with Crippen LogP contribution in [0.1, 0.15) is 47.2 Å². The van der Waals surface area contributed by atoms with Crippen LogP contribution < -0.4 is 0 Å². The smallest absolute Gasteiger partial charge is 0.254 e. The summed E-state index contributed by atoms with van der Waals surface area (Å²) in [5.41, 5.74) is 2.59. The fourth-order valence-corrected chi connectivity index (χ4v) is 6.13. The van der Waals surface area contributed by atoms with Gasteiger partial charge in [0.25, 0.3) is 5.91 Å². The first-order chi connectivity index (χ1) is 15.4. The molecule has 2 fully saturated rings. The van der Waals surface area contributed by atoms with Crippen LogP contribution in [0.3, 0.4) is 0 Å².